The van der Waals surface area contributed by atoms with Crippen LogP contribution in [0.3, 0.4) is 0 Å². The molecule has 1 aromatic heterocycles. The molecular formula is C23H21F2N3O3S. The van der Waals surface area contributed by atoms with Crippen LogP contribution in [0.4, 0.5) is 8.78 Å². The van der Waals surface area contributed by atoms with Gasteiger partial charge >= 0.3 is 0 Å². The van der Waals surface area contributed by atoms with E-state index in [-0.39, 0.29) is 29.2 Å². The molecule has 1 saturated heterocycles. The average molecular weight is 458 g/mol. The van der Waals surface area contributed by atoms with E-state index < -0.39 is 5.82 Å². The minimum Gasteiger partial charge on any atom is -0.341 e. The van der Waals surface area contributed by atoms with E-state index in [0.717, 1.165) is 24.6 Å². The molecule has 0 unspecified atom stereocenters. The highest BCUT2D eigenvalue weighted by Crippen LogP contribution is 2.29. The average Bonchev–Trinajstić information content (AvgIpc) is 3.28. The summed E-state index contributed by atoms with van der Waals surface area (Å²) in [7, 11) is 0. The van der Waals surface area contributed by atoms with E-state index in [1.165, 1.54) is 31.2 Å². The van der Waals surface area contributed by atoms with Gasteiger partial charge in [-0.3, -0.25) is 9.59 Å². The SMILES string of the molecule is CC(=O)c1ccc(SCC(=O)N2CCC[C@H](c3nc(-c4cccc(F)c4)no3)C2)c(F)c1. The number of rotatable bonds is 6. The summed E-state index contributed by atoms with van der Waals surface area (Å²) < 4.78 is 33.1. The van der Waals surface area contributed by atoms with Crippen molar-refractivity contribution in [3.63, 3.8) is 0 Å². The molecule has 2 heterocycles. The molecule has 0 bridgehead atoms. The minimum absolute atomic E-state index is 0.0848. The Labute approximate surface area is 188 Å². The Morgan fingerprint density at radius 2 is 2.06 bits per heavy atom. The van der Waals surface area contributed by atoms with Gasteiger partial charge in [0.25, 0.3) is 0 Å². The number of ketones is 1. The van der Waals surface area contributed by atoms with Gasteiger partial charge in [0, 0.05) is 29.1 Å². The number of thioether (sulfide) groups is 1. The molecule has 166 valence electrons. The molecule has 6 nitrogen and oxygen atoms in total. The lowest BCUT2D eigenvalue weighted by Gasteiger charge is -2.31. The number of piperidine rings is 1. The molecule has 1 aliphatic heterocycles. The number of likely N-dealkylation sites (tertiary alicyclic amines) is 1. The fourth-order valence-corrected chi connectivity index (χ4v) is 4.44. The van der Waals surface area contributed by atoms with Crippen molar-refractivity contribution in [1.29, 1.82) is 0 Å². The van der Waals surface area contributed by atoms with Crippen LogP contribution in [0.25, 0.3) is 11.4 Å². The normalized spacial score (nSPS) is 16.2. The first-order valence-electron chi connectivity index (χ1n) is 10.2. The largest absolute Gasteiger partial charge is 0.341 e. The Morgan fingerprint density at radius 1 is 1.22 bits per heavy atom. The number of hydrogen-bond acceptors (Lipinski definition) is 6. The maximum Gasteiger partial charge on any atom is 0.232 e. The van der Waals surface area contributed by atoms with Crippen LogP contribution in [-0.2, 0) is 4.79 Å². The summed E-state index contributed by atoms with van der Waals surface area (Å²) in [6.45, 7) is 2.41. The maximum atomic E-state index is 14.2. The fraction of sp³-hybridized carbons (Fsp3) is 0.304. The van der Waals surface area contributed by atoms with Crippen LogP contribution >= 0.6 is 11.8 Å². The van der Waals surface area contributed by atoms with Crippen molar-refractivity contribution in [3.05, 3.63) is 65.6 Å². The first-order chi connectivity index (χ1) is 15.4. The molecule has 4 rings (SSSR count). The lowest BCUT2D eigenvalue weighted by molar-refractivity contribution is -0.129. The van der Waals surface area contributed by atoms with Crippen LogP contribution < -0.4 is 0 Å². The summed E-state index contributed by atoms with van der Waals surface area (Å²) in [5.41, 5.74) is 0.826. The number of nitrogens with zero attached hydrogens (tertiary/aromatic N) is 3. The van der Waals surface area contributed by atoms with Crippen molar-refractivity contribution in [1.82, 2.24) is 15.0 Å². The number of carbonyl (C=O) groups excluding carboxylic acids is 2. The topological polar surface area (TPSA) is 76.3 Å². The van der Waals surface area contributed by atoms with E-state index >= 15 is 0 Å². The van der Waals surface area contributed by atoms with Gasteiger partial charge in [0.05, 0.1) is 11.7 Å². The first kappa shape index (κ1) is 22.1. The Morgan fingerprint density at radius 3 is 2.81 bits per heavy atom. The highest BCUT2D eigenvalue weighted by Gasteiger charge is 2.29. The Hall–Kier alpha value is -3.07. The van der Waals surface area contributed by atoms with Crippen molar-refractivity contribution in [2.75, 3.05) is 18.8 Å². The van der Waals surface area contributed by atoms with Crippen LogP contribution in [0.5, 0.6) is 0 Å². The van der Waals surface area contributed by atoms with E-state index in [1.54, 1.807) is 23.1 Å². The van der Waals surface area contributed by atoms with Crippen molar-refractivity contribution >= 4 is 23.5 Å². The number of halogens is 2. The van der Waals surface area contributed by atoms with Crippen LogP contribution in [0, 0.1) is 11.6 Å². The predicted octanol–water partition coefficient (Wildman–Crippen LogP) is 4.72. The molecule has 1 amide bonds. The third kappa shape index (κ3) is 5.04. The molecule has 0 aliphatic carbocycles. The molecule has 0 saturated carbocycles. The van der Waals surface area contributed by atoms with Gasteiger partial charge in [0.15, 0.2) is 5.78 Å². The third-order valence-corrected chi connectivity index (χ3v) is 6.37. The zero-order chi connectivity index (χ0) is 22.7. The lowest BCUT2D eigenvalue weighted by Crippen LogP contribution is -2.40. The van der Waals surface area contributed by atoms with Crippen molar-refractivity contribution < 1.29 is 22.9 Å². The highest BCUT2D eigenvalue weighted by molar-refractivity contribution is 8.00. The van der Waals surface area contributed by atoms with Gasteiger partial charge in [-0.15, -0.1) is 11.8 Å². The third-order valence-electron chi connectivity index (χ3n) is 5.34. The Bertz CT molecular complexity index is 1150. The monoisotopic (exact) mass is 457 g/mol. The van der Waals surface area contributed by atoms with Crippen LogP contribution in [0.1, 0.15) is 41.9 Å². The van der Waals surface area contributed by atoms with Gasteiger partial charge in [-0.05, 0) is 44.0 Å². The van der Waals surface area contributed by atoms with Gasteiger partial charge in [-0.1, -0.05) is 23.4 Å². The molecule has 1 aliphatic rings. The first-order valence-corrected chi connectivity index (χ1v) is 11.2. The molecule has 3 aromatic rings. The minimum atomic E-state index is -0.511. The Kier molecular flexibility index (Phi) is 6.64. The quantitative estimate of drug-likeness (QED) is 0.394. The van der Waals surface area contributed by atoms with Gasteiger partial charge in [0.2, 0.25) is 17.6 Å². The second-order valence-corrected chi connectivity index (χ2v) is 8.65. The number of carbonyl (C=O) groups is 2. The smallest absolute Gasteiger partial charge is 0.232 e. The second-order valence-electron chi connectivity index (χ2n) is 7.64. The van der Waals surface area contributed by atoms with Crippen molar-refractivity contribution in [3.8, 4) is 11.4 Å². The molecule has 2 aromatic carbocycles. The summed E-state index contributed by atoms with van der Waals surface area (Å²) in [5, 5.41) is 3.95. The maximum absolute atomic E-state index is 14.2. The van der Waals surface area contributed by atoms with E-state index in [2.05, 4.69) is 10.1 Å². The number of Topliss-reactive ketones (excluding diaryl/α,β-unsaturated/α-hetero) is 1. The summed E-state index contributed by atoms with van der Waals surface area (Å²) in [5.74, 6) is -0.517. The van der Waals surface area contributed by atoms with Crippen LogP contribution in [0.15, 0.2) is 51.9 Å². The molecule has 32 heavy (non-hydrogen) atoms. The van der Waals surface area contributed by atoms with E-state index in [9.17, 15) is 18.4 Å². The fourth-order valence-electron chi connectivity index (χ4n) is 3.62. The molecule has 0 spiro atoms. The van der Waals surface area contributed by atoms with Gasteiger partial charge in [0.1, 0.15) is 11.6 Å². The highest BCUT2D eigenvalue weighted by atomic mass is 32.2. The second kappa shape index (κ2) is 9.60. The molecule has 1 atom stereocenters. The number of aromatic nitrogens is 2. The number of hydrogen-bond donors (Lipinski definition) is 0. The Balaban J connectivity index is 1.38. The van der Waals surface area contributed by atoms with Gasteiger partial charge in [-0.2, -0.15) is 4.98 Å². The zero-order valence-corrected chi connectivity index (χ0v) is 18.2. The van der Waals surface area contributed by atoms with Crippen molar-refractivity contribution in [2.24, 2.45) is 0 Å². The van der Waals surface area contributed by atoms with Crippen LogP contribution in [-0.4, -0.2) is 45.6 Å². The van der Waals surface area contributed by atoms with Gasteiger partial charge in [-0.25, -0.2) is 8.78 Å². The molecule has 1 fully saturated rings. The van der Waals surface area contributed by atoms with E-state index in [0.29, 0.717) is 40.8 Å². The number of amides is 1. The molecule has 0 radical (unpaired) electrons. The summed E-state index contributed by atoms with van der Waals surface area (Å²) in [6, 6.07) is 10.2. The lowest BCUT2D eigenvalue weighted by atomic mass is 9.98. The molecule has 0 N–H and O–H groups in total. The molecular weight excluding hydrogens is 436 g/mol. The summed E-state index contributed by atoms with van der Waals surface area (Å²) in [6.07, 6.45) is 1.57. The zero-order valence-electron chi connectivity index (χ0n) is 17.4. The van der Waals surface area contributed by atoms with E-state index in [1.807, 2.05) is 0 Å². The predicted molar refractivity (Wildman–Crippen MR) is 115 cm³/mol. The van der Waals surface area contributed by atoms with Crippen LogP contribution in [0.2, 0.25) is 0 Å². The summed E-state index contributed by atoms with van der Waals surface area (Å²) in [4.78, 5) is 30.5. The van der Waals surface area contributed by atoms with Gasteiger partial charge < -0.3 is 9.42 Å². The molecule has 9 heteroatoms. The van der Waals surface area contributed by atoms with E-state index in [4.69, 9.17) is 4.52 Å². The standard InChI is InChI=1S/C23H21F2N3O3S/c1-14(29)15-7-8-20(19(25)11-15)32-13-21(30)28-9-3-5-17(12-28)23-26-22(27-31-23)16-4-2-6-18(24)10-16/h2,4,6-8,10-11,17H,3,5,9,12-13H2,1H3/t17-/m0/s1. The summed E-state index contributed by atoms with van der Waals surface area (Å²) >= 11 is 1.10. The number of benzene rings is 2. The van der Waals surface area contributed by atoms with Crippen molar-refractivity contribution in [2.45, 2.75) is 30.6 Å².